The van der Waals surface area contributed by atoms with Crippen molar-refractivity contribution in [3.8, 4) is 5.75 Å². The first-order valence-corrected chi connectivity index (χ1v) is 7.90. The molecule has 0 radical (unpaired) electrons. The van der Waals surface area contributed by atoms with Gasteiger partial charge in [-0.15, -0.1) is 0 Å². The molecule has 2 aromatic rings. The van der Waals surface area contributed by atoms with Gasteiger partial charge in [-0.3, -0.25) is 0 Å². The van der Waals surface area contributed by atoms with Gasteiger partial charge in [0.2, 0.25) is 0 Å². The van der Waals surface area contributed by atoms with Crippen molar-refractivity contribution in [3.63, 3.8) is 0 Å². The third-order valence-electron chi connectivity index (χ3n) is 4.17. The van der Waals surface area contributed by atoms with Crippen LogP contribution in [0.3, 0.4) is 0 Å². The fourth-order valence-electron chi connectivity index (χ4n) is 3.18. The smallest absolute Gasteiger partial charge is 0.178 e. The Labute approximate surface area is 159 Å². The van der Waals surface area contributed by atoms with E-state index in [2.05, 4.69) is 19.2 Å². The number of hydrogen-bond donors (Lipinski definition) is 1. The zero-order valence-corrected chi connectivity index (χ0v) is 15.9. The van der Waals surface area contributed by atoms with Crippen LogP contribution in [0.25, 0.3) is 0 Å². The van der Waals surface area contributed by atoms with Crippen LogP contribution in [0, 0.1) is 0 Å². The number of likely N-dealkylation sites (N-methyl/N-ethyl adjacent to an activating group) is 1. The quantitative estimate of drug-likeness (QED) is 0.535. The number of aliphatic hydroxyl groups excluding tert-OH is 1. The minimum absolute atomic E-state index is 0. The van der Waals surface area contributed by atoms with Gasteiger partial charge in [0.1, 0.15) is 31.5 Å². The lowest BCUT2D eigenvalue weighted by molar-refractivity contribution is -0.913. The van der Waals surface area contributed by atoms with Crippen molar-refractivity contribution in [2.45, 2.75) is 18.8 Å². The van der Waals surface area contributed by atoms with Gasteiger partial charge < -0.3 is 38.3 Å². The number of hydrogen-bond acceptors (Lipinski definition) is 2. The van der Waals surface area contributed by atoms with Crippen LogP contribution in [0.4, 0.5) is 0 Å². The number of halogens is 2. The zero-order chi connectivity index (χ0) is 15.6. The molecule has 0 aliphatic carbocycles. The molecule has 1 unspecified atom stereocenters. The van der Waals surface area contributed by atoms with E-state index in [1.165, 1.54) is 5.56 Å². The monoisotopic (exact) mass is 445 g/mol. The van der Waals surface area contributed by atoms with Crippen LogP contribution in [0.2, 0.25) is 5.02 Å². The van der Waals surface area contributed by atoms with E-state index in [4.69, 9.17) is 16.3 Å². The van der Waals surface area contributed by atoms with Gasteiger partial charge in [-0.2, -0.15) is 0 Å². The highest BCUT2D eigenvalue weighted by Crippen LogP contribution is 2.26. The lowest BCUT2D eigenvalue weighted by Gasteiger charge is -2.29. The summed E-state index contributed by atoms with van der Waals surface area (Å²) in [6.07, 6.45) is -0.667. The molecule has 3 nitrogen and oxygen atoms in total. The van der Waals surface area contributed by atoms with Crippen molar-refractivity contribution in [2.75, 3.05) is 20.1 Å². The molecule has 1 saturated heterocycles. The van der Waals surface area contributed by atoms with Crippen molar-refractivity contribution in [2.24, 2.45) is 0 Å². The summed E-state index contributed by atoms with van der Waals surface area (Å²) in [5, 5.41) is 11.0. The molecule has 0 bridgehead atoms. The maximum absolute atomic E-state index is 10.4. The summed E-state index contributed by atoms with van der Waals surface area (Å²) in [6.45, 7) is 2.37. The average molecular weight is 446 g/mol. The number of benzene rings is 2. The van der Waals surface area contributed by atoms with Crippen molar-refractivity contribution >= 4 is 11.6 Å². The predicted octanol–water partition coefficient (Wildman–Crippen LogP) is 0.113. The second-order valence-electron chi connectivity index (χ2n) is 6.31. The Morgan fingerprint density at radius 2 is 1.87 bits per heavy atom. The fraction of sp³-hybridized carbons (Fsp3) is 0.333. The van der Waals surface area contributed by atoms with E-state index in [-0.39, 0.29) is 30.1 Å². The van der Waals surface area contributed by atoms with Crippen molar-refractivity contribution in [3.05, 3.63) is 65.2 Å². The van der Waals surface area contributed by atoms with E-state index < -0.39 is 6.10 Å². The molecular weight excluding hydrogens is 425 g/mol. The van der Waals surface area contributed by atoms with E-state index >= 15 is 0 Å². The molecule has 0 aromatic heterocycles. The van der Waals surface area contributed by atoms with E-state index in [0.29, 0.717) is 17.3 Å². The SMILES string of the molecule is C[N+]1(Cc2ccccc2)C[C@H](O)[C@H](Oc2cccc(Cl)c2)C1.[I-]. The minimum Gasteiger partial charge on any atom is -1.00 e. The number of aliphatic hydroxyl groups is 1. The molecule has 23 heavy (non-hydrogen) atoms. The van der Waals surface area contributed by atoms with Gasteiger partial charge in [-0.1, -0.05) is 48.0 Å². The van der Waals surface area contributed by atoms with Crippen LogP contribution in [0.15, 0.2) is 54.6 Å². The number of nitrogens with zero attached hydrogens (tertiary/aromatic N) is 1. The lowest BCUT2D eigenvalue weighted by Crippen LogP contribution is -3.00. The van der Waals surface area contributed by atoms with Gasteiger partial charge in [0, 0.05) is 10.6 Å². The summed E-state index contributed by atoms with van der Waals surface area (Å²) in [5.74, 6) is 0.713. The summed E-state index contributed by atoms with van der Waals surface area (Å²) < 4.78 is 6.73. The first kappa shape index (κ1) is 18.5. The Hall–Kier alpha value is -0.820. The van der Waals surface area contributed by atoms with Crippen molar-refractivity contribution < 1.29 is 38.3 Å². The molecule has 0 amide bonds. The summed E-state index contributed by atoms with van der Waals surface area (Å²) in [4.78, 5) is 0. The Morgan fingerprint density at radius 3 is 2.57 bits per heavy atom. The van der Waals surface area contributed by atoms with E-state index in [9.17, 15) is 5.11 Å². The van der Waals surface area contributed by atoms with Crippen LogP contribution in [0.1, 0.15) is 5.56 Å². The molecule has 124 valence electrons. The number of quaternary nitrogens is 1. The third-order valence-corrected chi connectivity index (χ3v) is 4.40. The normalized spacial score (nSPS) is 26.6. The second kappa shape index (κ2) is 7.83. The topological polar surface area (TPSA) is 29.5 Å². The van der Waals surface area contributed by atoms with E-state index in [0.717, 1.165) is 17.6 Å². The Balaban J connectivity index is 0.00000192. The molecule has 1 heterocycles. The van der Waals surface area contributed by atoms with Crippen LogP contribution in [-0.2, 0) is 6.54 Å². The summed E-state index contributed by atoms with van der Waals surface area (Å²) in [5.41, 5.74) is 1.28. The van der Waals surface area contributed by atoms with Crippen LogP contribution in [0.5, 0.6) is 5.75 Å². The highest BCUT2D eigenvalue weighted by Gasteiger charge is 2.43. The molecule has 1 aliphatic rings. The minimum atomic E-state index is -0.465. The van der Waals surface area contributed by atoms with Gasteiger partial charge in [0.15, 0.2) is 6.10 Å². The average Bonchev–Trinajstić information content (AvgIpc) is 2.74. The zero-order valence-electron chi connectivity index (χ0n) is 13.0. The number of rotatable bonds is 4. The molecular formula is C18H21ClINO2. The predicted molar refractivity (Wildman–Crippen MR) is 87.9 cm³/mol. The van der Waals surface area contributed by atoms with Gasteiger partial charge in [-0.05, 0) is 18.2 Å². The molecule has 2 aromatic carbocycles. The first-order valence-electron chi connectivity index (χ1n) is 7.52. The Bertz CT molecular complexity index is 640. The largest absolute Gasteiger partial charge is 1.00 e. The fourth-order valence-corrected chi connectivity index (χ4v) is 3.36. The molecule has 5 heteroatoms. The Kier molecular flexibility index (Phi) is 6.31. The Morgan fingerprint density at radius 1 is 1.13 bits per heavy atom. The van der Waals surface area contributed by atoms with Crippen LogP contribution >= 0.6 is 11.6 Å². The number of likely N-dealkylation sites (tertiary alicyclic amines) is 1. The molecule has 3 rings (SSSR count). The molecule has 0 spiro atoms. The second-order valence-corrected chi connectivity index (χ2v) is 6.75. The maximum atomic E-state index is 10.4. The number of ether oxygens (including phenoxy) is 1. The van der Waals surface area contributed by atoms with Crippen molar-refractivity contribution in [1.82, 2.24) is 0 Å². The van der Waals surface area contributed by atoms with Crippen LogP contribution in [-0.4, -0.2) is 41.9 Å². The molecule has 3 atom stereocenters. The lowest BCUT2D eigenvalue weighted by atomic mass is 10.2. The van der Waals surface area contributed by atoms with Gasteiger partial charge in [-0.25, -0.2) is 0 Å². The summed E-state index contributed by atoms with van der Waals surface area (Å²) in [6, 6.07) is 17.7. The molecule has 0 saturated carbocycles. The van der Waals surface area contributed by atoms with E-state index in [1.54, 1.807) is 6.07 Å². The molecule has 1 fully saturated rings. The standard InChI is InChI=1S/C18H21ClNO2.HI/c1-20(11-14-6-3-2-4-7-14)12-17(21)18(13-20)22-16-9-5-8-15(19)10-16;/h2-10,17-18,21H,11-13H2,1H3;1H/q+1;/p-1/t17-,18+,20?;/m0./s1. The van der Waals surface area contributed by atoms with Crippen LogP contribution < -0.4 is 28.7 Å². The van der Waals surface area contributed by atoms with E-state index in [1.807, 2.05) is 36.4 Å². The van der Waals surface area contributed by atoms with Gasteiger partial charge in [0.05, 0.1) is 7.05 Å². The third kappa shape index (κ3) is 4.83. The van der Waals surface area contributed by atoms with Gasteiger partial charge in [0.25, 0.3) is 0 Å². The van der Waals surface area contributed by atoms with Crippen molar-refractivity contribution in [1.29, 1.82) is 0 Å². The first-order chi connectivity index (χ1) is 10.5. The maximum Gasteiger partial charge on any atom is 0.178 e. The summed E-state index contributed by atoms with van der Waals surface area (Å²) in [7, 11) is 2.16. The molecule has 1 aliphatic heterocycles. The summed E-state index contributed by atoms with van der Waals surface area (Å²) >= 11 is 5.98. The molecule has 1 N–H and O–H groups in total. The highest BCUT2D eigenvalue weighted by atomic mass is 127. The highest BCUT2D eigenvalue weighted by molar-refractivity contribution is 6.30. The van der Waals surface area contributed by atoms with Gasteiger partial charge >= 0.3 is 0 Å².